The van der Waals surface area contributed by atoms with E-state index in [9.17, 15) is 13.2 Å². The molecule has 1 aromatic carbocycles. The van der Waals surface area contributed by atoms with E-state index in [-0.39, 0.29) is 10.6 Å². The third-order valence-electron chi connectivity index (χ3n) is 5.21. The van der Waals surface area contributed by atoms with Crippen LogP contribution in [0.1, 0.15) is 31.2 Å². The first-order valence-electron chi connectivity index (χ1n) is 9.69. The van der Waals surface area contributed by atoms with Crippen molar-refractivity contribution in [2.75, 3.05) is 13.1 Å². The highest BCUT2D eigenvalue weighted by atomic mass is 32.2. The van der Waals surface area contributed by atoms with Gasteiger partial charge in [0.25, 0.3) is 0 Å². The van der Waals surface area contributed by atoms with Crippen LogP contribution >= 0.6 is 0 Å². The van der Waals surface area contributed by atoms with Crippen LogP contribution in [0.4, 0.5) is 0 Å². The van der Waals surface area contributed by atoms with Crippen LogP contribution < -0.4 is 5.69 Å². The quantitative estimate of drug-likeness (QED) is 0.659. The SMILES string of the molecule is O=c1n(CCc2ccccc2)nc2ccc(S(=O)(=O)N3CCCCCC3)cn12. The van der Waals surface area contributed by atoms with Gasteiger partial charge in [0.2, 0.25) is 10.0 Å². The van der Waals surface area contributed by atoms with Gasteiger partial charge in [0.05, 0.1) is 11.4 Å². The Morgan fingerprint density at radius 3 is 2.36 bits per heavy atom. The Bertz CT molecular complexity index is 1110. The molecule has 7 nitrogen and oxygen atoms in total. The van der Waals surface area contributed by atoms with Crippen molar-refractivity contribution in [2.45, 2.75) is 43.5 Å². The lowest BCUT2D eigenvalue weighted by Gasteiger charge is -2.19. The molecule has 1 aliphatic heterocycles. The van der Waals surface area contributed by atoms with E-state index in [1.54, 1.807) is 12.1 Å². The summed E-state index contributed by atoms with van der Waals surface area (Å²) in [7, 11) is -3.60. The number of benzene rings is 1. The van der Waals surface area contributed by atoms with Crippen LogP contribution in [0.5, 0.6) is 0 Å². The molecule has 2 aromatic heterocycles. The molecule has 148 valence electrons. The molecule has 0 radical (unpaired) electrons. The predicted octanol–water partition coefficient (Wildman–Crippen LogP) is 2.30. The summed E-state index contributed by atoms with van der Waals surface area (Å²) in [6, 6.07) is 13.0. The van der Waals surface area contributed by atoms with Crippen molar-refractivity contribution < 1.29 is 8.42 Å². The lowest BCUT2D eigenvalue weighted by atomic mass is 10.2. The van der Waals surface area contributed by atoms with Gasteiger partial charge >= 0.3 is 5.69 Å². The van der Waals surface area contributed by atoms with Gasteiger partial charge in [-0.2, -0.15) is 4.31 Å². The van der Waals surface area contributed by atoms with Crippen molar-refractivity contribution in [3.63, 3.8) is 0 Å². The smallest absolute Gasteiger partial charge is 0.249 e. The van der Waals surface area contributed by atoms with Gasteiger partial charge in [-0.15, -0.1) is 5.10 Å². The second-order valence-electron chi connectivity index (χ2n) is 7.15. The number of rotatable bonds is 5. The summed E-state index contributed by atoms with van der Waals surface area (Å²) in [5.74, 6) is 0. The Labute approximate surface area is 164 Å². The molecule has 1 fully saturated rings. The molecule has 0 N–H and O–H groups in total. The van der Waals surface area contributed by atoms with Crippen molar-refractivity contribution >= 4 is 15.7 Å². The molecule has 0 unspecified atom stereocenters. The number of hydrogen-bond acceptors (Lipinski definition) is 4. The first-order valence-corrected chi connectivity index (χ1v) is 11.1. The maximum absolute atomic E-state index is 13.0. The van der Waals surface area contributed by atoms with Crippen molar-refractivity contribution in [1.29, 1.82) is 0 Å². The van der Waals surface area contributed by atoms with Crippen LogP contribution in [0.25, 0.3) is 5.65 Å². The van der Waals surface area contributed by atoms with Crippen LogP contribution in [0.15, 0.2) is 58.4 Å². The zero-order valence-corrected chi connectivity index (χ0v) is 16.5. The molecule has 0 saturated carbocycles. The third kappa shape index (κ3) is 3.74. The average molecular weight is 401 g/mol. The summed E-state index contributed by atoms with van der Waals surface area (Å²) in [4.78, 5) is 12.9. The van der Waals surface area contributed by atoms with Gasteiger partial charge in [0.15, 0.2) is 5.65 Å². The zero-order chi connectivity index (χ0) is 19.6. The molecular formula is C20H24N4O3S. The number of hydrogen-bond donors (Lipinski definition) is 0. The minimum atomic E-state index is -3.60. The molecule has 3 aromatic rings. The van der Waals surface area contributed by atoms with Crippen LogP contribution in [0.2, 0.25) is 0 Å². The molecule has 1 aliphatic rings. The highest BCUT2D eigenvalue weighted by Crippen LogP contribution is 2.20. The van der Waals surface area contributed by atoms with E-state index < -0.39 is 10.0 Å². The molecule has 0 bridgehead atoms. The molecule has 1 saturated heterocycles. The summed E-state index contributed by atoms with van der Waals surface area (Å²) < 4.78 is 30.2. The van der Waals surface area contributed by atoms with Gasteiger partial charge in [0.1, 0.15) is 0 Å². The Balaban J connectivity index is 1.62. The van der Waals surface area contributed by atoms with Gasteiger partial charge in [-0.3, -0.25) is 0 Å². The molecule has 0 atom stereocenters. The van der Waals surface area contributed by atoms with Crippen LogP contribution in [-0.2, 0) is 23.0 Å². The average Bonchev–Trinajstić information content (AvgIpc) is 2.89. The monoisotopic (exact) mass is 400 g/mol. The second kappa shape index (κ2) is 7.89. The summed E-state index contributed by atoms with van der Waals surface area (Å²) in [5.41, 5.74) is 1.25. The molecular weight excluding hydrogens is 376 g/mol. The largest absolute Gasteiger partial charge is 0.350 e. The fraction of sp³-hybridized carbons (Fsp3) is 0.400. The topological polar surface area (TPSA) is 76.7 Å². The van der Waals surface area contributed by atoms with Crippen LogP contribution in [0.3, 0.4) is 0 Å². The van der Waals surface area contributed by atoms with E-state index in [1.165, 1.54) is 19.6 Å². The second-order valence-corrected chi connectivity index (χ2v) is 9.09. The molecule has 0 amide bonds. The lowest BCUT2D eigenvalue weighted by Crippen LogP contribution is -2.32. The number of fused-ring (bicyclic) bond motifs is 1. The number of aryl methyl sites for hydroxylation is 2. The molecule has 3 heterocycles. The van der Waals surface area contributed by atoms with E-state index in [0.29, 0.717) is 31.7 Å². The number of sulfonamides is 1. The van der Waals surface area contributed by atoms with Crippen LogP contribution in [0, 0.1) is 0 Å². The molecule has 0 spiro atoms. The fourth-order valence-electron chi connectivity index (χ4n) is 3.61. The summed E-state index contributed by atoms with van der Waals surface area (Å²) in [6.07, 6.45) is 5.95. The Kier molecular flexibility index (Phi) is 5.32. The standard InChI is InChI=1S/C20H24N4O3S/c25-20-23-16-18(28(26,27)22-13-6-1-2-7-14-22)10-11-19(23)21-24(20)15-12-17-8-4-3-5-9-17/h3-5,8-11,16H,1-2,6-7,12-15H2. The number of aromatic nitrogens is 3. The first-order chi connectivity index (χ1) is 13.6. The Morgan fingerprint density at radius 1 is 0.929 bits per heavy atom. The normalized spacial score (nSPS) is 16.3. The highest BCUT2D eigenvalue weighted by Gasteiger charge is 2.26. The van der Waals surface area contributed by atoms with E-state index in [2.05, 4.69) is 5.10 Å². The van der Waals surface area contributed by atoms with Crippen molar-refractivity contribution in [2.24, 2.45) is 0 Å². The van der Waals surface area contributed by atoms with E-state index >= 15 is 0 Å². The van der Waals surface area contributed by atoms with Crippen molar-refractivity contribution in [3.8, 4) is 0 Å². The highest BCUT2D eigenvalue weighted by molar-refractivity contribution is 7.89. The Morgan fingerprint density at radius 2 is 1.64 bits per heavy atom. The van der Waals surface area contributed by atoms with Crippen LogP contribution in [-0.4, -0.2) is 40.0 Å². The van der Waals surface area contributed by atoms with Gasteiger partial charge in [-0.05, 0) is 37.0 Å². The lowest BCUT2D eigenvalue weighted by molar-refractivity contribution is 0.423. The zero-order valence-electron chi connectivity index (χ0n) is 15.7. The van der Waals surface area contributed by atoms with Gasteiger partial charge < -0.3 is 0 Å². The minimum Gasteiger partial charge on any atom is -0.249 e. The number of nitrogens with zero attached hydrogens (tertiary/aromatic N) is 4. The summed E-state index contributed by atoms with van der Waals surface area (Å²) in [5, 5.41) is 4.34. The van der Waals surface area contributed by atoms with Gasteiger partial charge in [-0.25, -0.2) is 22.3 Å². The van der Waals surface area contributed by atoms with Crippen molar-refractivity contribution in [3.05, 3.63) is 64.7 Å². The van der Waals surface area contributed by atoms with E-state index in [0.717, 1.165) is 31.2 Å². The van der Waals surface area contributed by atoms with E-state index in [4.69, 9.17) is 0 Å². The number of pyridine rings is 1. The maximum atomic E-state index is 13.0. The molecule has 28 heavy (non-hydrogen) atoms. The molecule has 0 aliphatic carbocycles. The van der Waals surface area contributed by atoms with Crippen molar-refractivity contribution in [1.82, 2.24) is 18.5 Å². The fourth-order valence-corrected chi connectivity index (χ4v) is 5.12. The summed E-state index contributed by atoms with van der Waals surface area (Å²) in [6.45, 7) is 1.51. The Hall–Kier alpha value is -2.45. The predicted molar refractivity (Wildman–Crippen MR) is 107 cm³/mol. The molecule has 4 rings (SSSR count). The summed E-state index contributed by atoms with van der Waals surface area (Å²) >= 11 is 0. The van der Waals surface area contributed by atoms with Gasteiger partial charge in [-0.1, -0.05) is 43.2 Å². The molecule has 8 heteroatoms. The minimum absolute atomic E-state index is 0.145. The first kappa shape index (κ1) is 18.9. The van der Waals surface area contributed by atoms with E-state index in [1.807, 2.05) is 30.3 Å². The third-order valence-corrected chi connectivity index (χ3v) is 7.09. The van der Waals surface area contributed by atoms with Gasteiger partial charge in [0, 0.05) is 19.3 Å². The maximum Gasteiger partial charge on any atom is 0.350 e.